The molecule has 198 valence electrons. The van der Waals surface area contributed by atoms with E-state index in [1.807, 2.05) is 36.5 Å². The maximum atomic E-state index is 12.8. The number of piperazine rings is 1. The second kappa shape index (κ2) is 13.2. The van der Waals surface area contributed by atoms with Gasteiger partial charge in [-0.2, -0.15) is 0 Å². The van der Waals surface area contributed by atoms with E-state index in [4.69, 9.17) is 0 Å². The van der Waals surface area contributed by atoms with E-state index in [0.717, 1.165) is 52.0 Å². The van der Waals surface area contributed by atoms with Crippen LogP contribution >= 0.6 is 0 Å². The van der Waals surface area contributed by atoms with Crippen LogP contribution in [0.25, 0.3) is 0 Å². The molecule has 1 saturated heterocycles. The Bertz CT molecular complexity index is 1030. The highest BCUT2D eigenvalue weighted by atomic mass is 16.2. The summed E-state index contributed by atoms with van der Waals surface area (Å²) in [6.07, 6.45) is 10.1. The van der Waals surface area contributed by atoms with Gasteiger partial charge in [0.1, 0.15) is 0 Å². The number of rotatable bonds is 8. The lowest BCUT2D eigenvalue weighted by Gasteiger charge is -2.36. The number of anilines is 2. The molecule has 0 atom stereocenters. The number of nitrogens with one attached hydrogen (secondary N) is 2. The molecular formula is C28H38N6O3. The molecule has 9 heteroatoms. The van der Waals surface area contributed by atoms with Gasteiger partial charge in [-0.05, 0) is 62.2 Å². The van der Waals surface area contributed by atoms with Crippen molar-refractivity contribution in [3.63, 3.8) is 0 Å². The van der Waals surface area contributed by atoms with Crippen molar-refractivity contribution < 1.29 is 14.4 Å². The van der Waals surface area contributed by atoms with Gasteiger partial charge >= 0.3 is 11.8 Å². The van der Waals surface area contributed by atoms with E-state index in [-0.39, 0.29) is 5.91 Å². The second-order valence-corrected chi connectivity index (χ2v) is 9.88. The summed E-state index contributed by atoms with van der Waals surface area (Å²) in [5.74, 6) is -1.37. The van der Waals surface area contributed by atoms with Gasteiger partial charge in [0.05, 0.1) is 0 Å². The predicted octanol–water partition coefficient (Wildman–Crippen LogP) is 2.75. The first kappa shape index (κ1) is 26.6. The van der Waals surface area contributed by atoms with Crippen LogP contribution in [0.2, 0.25) is 0 Å². The minimum absolute atomic E-state index is 0.0127. The van der Waals surface area contributed by atoms with Gasteiger partial charge in [-0.25, -0.2) is 0 Å². The van der Waals surface area contributed by atoms with Crippen molar-refractivity contribution in [2.75, 3.05) is 56.5 Å². The SMILES string of the molecule is CN(C(=O)c1ccc(NC(=O)C(=O)NCCCN2CCN(c3ccncc3)CC2)cc1)C1CCCCC1. The molecule has 4 rings (SSSR count). The lowest BCUT2D eigenvalue weighted by Crippen LogP contribution is -2.47. The zero-order chi connectivity index (χ0) is 26.0. The van der Waals surface area contributed by atoms with Gasteiger partial charge in [-0.1, -0.05) is 19.3 Å². The maximum Gasteiger partial charge on any atom is 0.313 e. The molecule has 2 fully saturated rings. The Morgan fingerprint density at radius 3 is 2.27 bits per heavy atom. The van der Waals surface area contributed by atoms with Gasteiger partial charge in [-0.15, -0.1) is 0 Å². The Kier molecular flexibility index (Phi) is 9.48. The van der Waals surface area contributed by atoms with Crippen molar-refractivity contribution in [2.45, 2.75) is 44.6 Å². The van der Waals surface area contributed by atoms with Gasteiger partial charge in [0, 0.05) is 75.1 Å². The lowest BCUT2D eigenvalue weighted by atomic mass is 9.94. The van der Waals surface area contributed by atoms with E-state index in [9.17, 15) is 14.4 Å². The molecule has 1 aliphatic carbocycles. The second-order valence-electron chi connectivity index (χ2n) is 9.88. The summed E-state index contributed by atoms with van der Waals surface area (Å²) < 4.78 is 0. The van der Waals surface area contributed by atoms with Gasteiger partial charge in [-0.3, -0.25) is 24.3 Å². The minimum Gasteiger partial charge on any atom is -0.369 e. The van der Waals surface area contributed by atoms with Crippen molar-refractivity contribution in [1.29, 1.82) is 0 Å². The van der Waals surface area contributed by atoms with Gasteiger partial charge in [0.25, 0.3) is 5.91 Å². The number of hydrogen-bond acceptors (Lipinski definition) is 6. The van der Waals surface area contributed by atoms with Gasteiger partial charge in [0.2, 0.25) is 0 Å². The van der Waals surface area contributed by atoms with E-state index >= 15 is 0 Å². The third-order valence-electron chi connectivity index (χ3n) is 7.38. The zero-order valence-electron chi connectivity index (χ0n) is 21.7. The van der Waals surface area contributed by atoms with E-state index < -0.39 is 11.8 Å². The summed E-state index contributed by atoms with van der Waals surface area (Å²) in [6, 6.07) is 11.1. The quantitative estimate of drug-likeness (QED) is 0.422. The predicted molar refractivity (Wildman–Crippen MR) is 145 cm³/mol. The molecule has 0 radical (unpaired) electrons. The molecule has 0 unspecified atom stereocenters. The Labute approximate surface area is 219 Å². The monoisotopic (exact) mass is 506 g/mol. The minimum atomic E-state index is -0.704. The van der Waals surface area contributed by atoms with Gasteiger partial charge < -0.3 is 20.4 Å². The van der Waals surface area contributed by atoms with Crippen LogP contribution in [0.1, 0.15) is 48.9 Å². The van der Waals surface area contributed by atoms with E-state index in [2.05, 4.69) is 25.4 Å². The highest BCUT2D eigenvalue weighted by molar-refractivity contribution is 6.39. The van der Waals surface area contributed by atoms with Crippen LogP contribution in [0.5, 0.6) is 0 Å². The number of aromatic nitrogens is 1. The topological polar surface area (TPSA) is 97.9 Å². The lowest BCUT2D eigenvalue weighted by molar-refractivity contribution is -0.136. The normalized spacial score (nSPS) is 16.7. The molecule has 2 heterocycles. The molecule has 1 aromatic carbocycles. The first-order valence-electron chi connectivity index (χ1n) is 13.3. The van der Waals surface area contributed by atoms with E-state index in [1.165, 1.54) is 24.9 Å². The summed E-state index contributed by atoms with van der Waals surface area (Å²) in [5, 5.41) is 5.32. The maximum absolute atomic E-state index is 12.8. The third-order valence-corrected chi connectivity index (χ3v) is 7.38. The van der Waals surface area contributed by atoms with Crippen molar-refractivity contribution >= 4 is 29.1 Å². The highest BCUT2D eigenvalue weighted by Crippen LogP contribution is 2.23. The Morgan fingerprint density at radius 1 is 0.919 bits per heavy atom. The number of benzene rings is 1. The summed E-state index contributed by atoms with van der Waals surface area (Å²) in [7, 11) is 1.86. The van der Waals surface area contributed by atoms with Crippen molar-refractivity contribution in [3.05, 3.63) is 54.4 Å². The molecule has 0 spiro atoms. The first-order valence-corrected chi connectivity index (χ1v) is 13.3. The molecule has 37 heavy (non-hydrogen) atoms. The summed E-state index contributed by atoms with van der Waals surface area (Å²) in [4.78, 5) is 47.9. The van der Waals surface area contributed by atoms with E-state index in [1.54, 1.807) is 24.3 Å². The number of pyridine rings is 1. The van der Waals surface area contributed by atoms with Crippen molar-refractivity contribution in [2.24, 2.45) is 0 Å². The average Bonchev–Trinajstić information content (AvgIpc) is 2.96. The Hall–Kier alpha value is -3.46. The Morgan fingerprint density at radius 2 is 1.59 bits per heavy atom. The van der Waals surface area contributed by atoms with Crippen LogP contribution in [0.4, 0.5) is 11.4 Å². The number of carbonyl (C=O) groups excluding carboxylic acids is 3. The first-order chi connectivity index (χ1) is 18.0. The standard InChI is InChI=1S/C28H38N6O3/c1-32(24-6-3-2-4-7-24)28(37)22-8-10-23(11-9-22)31-27(36)26(35)30-14-5-17-33-18-20-34(21-19-33)25-12-15-29-16-13-25/h8-13,15-16,24H,2-7,14,17-21H2,1H3,(H,30,35)(H,31,36). The summed E-state index contributed by atoms with van der Waals surface area (Å²) in [6.45, 7) is 5.16. The molecule has 0 bridgehead atoms. The molecule has 2 aliphatic rings. The van der Waals surface area contributed by atoms with Crippen LogP contribution in [0.3, 0.4) is 0 Å². The molecule has 2 aromatic rings. The number of amides is 3. The average molecular weight is 507 g/mol. The van der Waals surface area contributed by atoms with Crippen molar-refractivity contribution in [1.82, 2.24) is 20.1 Å². The molecule has 1 aromatic heterocycles. The van der Waals surface area contributed by atoms with Crippen LogP contribution in [0.15, 0.2) is 48.8 Å². The Balaban J connectivity index is 1.13. The third kappa shape index (κ3) is 7.52. The van der Waals surface area contributed by atoms with Crippen molar-refractivity contribution in [3.8, 4) is 0 Å². The largest absolute Gasteiger partial charge is 0.369 e. The molecular weight excluding hydrogens is 468 g/mol. The van der Waals surface area contributed by atoms with Crippen LogP contribution < -0.4 is 15.5 Å². The fourth-order valence-electron chi connectivity index (χ4n) is 5.09. The molecule has 9 nitrogen and oxygen atoms in total. The fourth-order valence-corrected chi connectivity index (χ4v) is 5.09. The van der Waals surface area contributed by atoms with Gasteiger partial charge in [0.15, 0.2) is 0 Å². The molecule has 1 aliphatic heterocycles. The van der Waals surface area contributed by atoms with Crippen LogP contribution in [0, 0.1) is 0 Å². The smallest absolute Gasteiger partial charge is 0.313 e. The molecule has 1 saturated carbocycles. The number of nitrogens with zero attached hydrogens (tertiary/aromatic N) is 4. The molecule has 3 amide bonds. The summed E-state index contributed by atoms with van der Waals surface area (Å²) >= 11 is 0. The van der Waals surface area contributed by atoms with E-state index in [0.29, 0.717) is 23.8 Å². The summed E-state index contributed by atoms with van der Waals surface area (Å²) in [5.41, 5.74) is 2.27. The highest BCUT2D eigenvalue weighted by Gasteiger charge is 2.23. The zero-order valence-corrected chi connectivity index (χ0v) is 21.7. The van der Waals surface area contributed by atoms with Crippen LogP contribution in [-0.4, -0.2) is 84.9 Å². The number of hydrogen-bond donors (Lipinski definition) is 2. The van der Waals surface area contributed by atoms with Crippen LogP contribution in [-0.2, 0) is 9.59 Å². The number of carbonyl (C=O) groups is 3. The fraction of sp³-hybridized carbons (Fsp3) is 0.500. The molecule has 2 N–H and O–H groups in total.